The van der Waals surface area contributed by atoms with Crippen molar-refractivity contribution in [2.45, 2.75) is 39.8 Å². The Morgan fingerprint density at radius 1 is 1.36 bits per heavy atom. The number of thiophene rings is 1. The summed E-state index contributed by atoms with van der Waals surface area (Å²) in [6, 6.07) is 0.411. The maximum atomic E-state index is 9.61. The minimum absolute atomic E-state index is 0.276. The van der Waals surface area contributed by atoms with E-state index in [4.69, 9.17) is 0 Å². The molecule has 1 aliphatic rings. The van der Waals surface area contributed by atoms with Crippen LogP contribution in [0, 0.1) is 13.8 Å². The van der Waals surface area contributed by atoms with Crippen LogP contribution in [0.5, 0.6) is 0 Å². The van der Waals surface area contributed by atoms with Gasteiger partial charge in [-0.15, -0.1) is 11.3 Å². The van der Waals surface area contributed by atoms with Gasteiger partial charge in [0.2, 0.25) is 0 Å². The number of anilines is 1. The molecule has 1 N–H and O–H groups in total. The Kier molecular flexibility index (Phi) is 4.34. The maximum Gasteiger partial charge on any atom is 0.141 e. The molecule has 120 valence electrons. The van der Waals surface area contributed by atoms with Crippen molar-refractivity contribution >= 4 is 27.4 Å². The van der Waals surface area contributed by atoms with Crippen LogP contribution >= 0.6 is 11.3 Å². The number of hydrogen-bond donors (Lipinski definition) is 1. The number of β-amino-alcohol motifs (C(OH)–C–C–N with tert-alkyl or cyclic N) is 1. The minimum Gasteiger partial charge on any atom is -0.392 e. The molecule has 0 unspecified atom stereocenters. The summed E-state index contributed by atoms with van der Waals surface area (Å²) in [5, 5.41) is 10.8. The number of hydrogen-bond acceptors (Lipinski definition) is 6. The first-order chi connectivity index (χ1) is 10.5. The number of fused-ring (bicyclic) bond motifs is 1. The molecule has 0 aliphatic carbocycles. The lowest BCUT2D eigenvalue weighted by Gasteiger charge is -2.41. The molecule has 1 aliphatic heterocycles. The Morgan fingerprint density at radius 3 is 2.82 bits per heavy atom. The molecule has 1 fully saturated rings. The third kappa shape index (κ3) is 2.83. The molecule has 0 aromatic carbocycles. The van der Waals surface area contributed by atoms with Crippen LogP contribution in [0.2, 0.25) is 0 Å². The number of aryl methyl sites for hydroxylation is 2. The van der Waals surface area contributed by atoms with Gasteiger partial charge in [0.15, 0.2) is 0 Å². The largest absolute Gasteiger partial charge is 0.392 e. The van der Waals surface area contributed by atoms with Crippen molar-refractivity contribution in [1.29, 1.82) is 0 Å². The van der Waals surface area contributed by atoms with Crippen LogP contribution in [0.25, 0.3) is 10.2 Å². The molecule has 2 aromatic rings. The molecule has 3 heterocycles. The summed E-state index contributed by atoms with van der Waals surface area (Å²) in [5.41, 5.74) is 1.30. The summed E-state index contributed by atoms with van der Waals surface area (Å²) < 4.78 is 0. The highest BCUT2D eigenvalue weighted by Crippen LogP contribution is 2.34. The van der Waals surface area contributed by atoms with Crippen LogP contribution in [-0.2, 0) is 0 Å². The zero-order valence-corrected chi connectivity index (χ0v) is 14.5. The van der Waals surface area contributed by atoms with Crippen LogP contribution in [0.15, 0.2) is 6.33 Å². The van der Waals surface area contributed by atoms with E-state index in [1.165, 1.54) is 15.8 Å². The minimum atomic E-state index is -0.276. The normalized spacial score (nSPS) is 21.5. The third-order valence-corrected chi connectivity index (χ3v) is 5.62. The number of piperazine rings is 1. The van der Waals surface area contributed by atoms with E-state index in [2.05, 4.69) is 40.5 Å². The summed E-state index contributed by atoms with van der Waals surface area (Å²) in [5.74, 6) is 1.07. The lowest BCUT2D eigenvalue weighted by Crippen LogP contribution is -2.53. The molecule has 5 nitrogen and oxygen atoms in total. The van der Waals surface area contributed by atoms with Crippen molar-refractivity contribution in [2.24, 2.45) is 0 Å². The highest BCUT2D eigenvalue weighted by molar-refractivity contribution is 7.18. The zero-order chi connectivity index (χ0) is 15.9. The predicted molar refractivity (Wildman–Crippen MR) is 91.8 cm³/mol. The summed E-state index contributed by atoms with van der Waals surface area (Å²) in [6.07, 6.45) is 1.40. The van der Waals surface area contributed by atoms with Gasteiger partial charge in [-0.2, -0.15) is 0 Å². The second-order valence-electron chi connectivity index (χ2n) is 6.30. The van der Waals surface area contributed by atoms with Crippen LogP contribution in [-0.4, -0.2) is 58.3 Å². The highest BCUT2D eigenvalue weighted by atomic mass is 32.1. The van der Waals surface area contributed by atoms with Gasteiger partial charge in [-0.05, 0) is 33.3 Å². The molecule has 0 spiro atoms. The van der Waals surface area contributed by atoms with E-state index in [9.17, 15) is 5.11 Å². The fourth-order valence-corrected chi connectivity index (χ4v) is 4.19. The zero-order valence-electron chi connectivity index (χ0n) is 13.7. The molecule has 22 heavy (non-hydrogen) atoms. The fourth-order valence-electron chi connectivity index (χ4n) is 3.20. The lowest BCUT2D eigenvalue weighted by molar-refractivity contribution is 0.0959. The van der Waals surface area contributed by atoms with Gasteiger partial charge in [0, 0.05) is 37.1 Å². The predicted octanol–water partition coefficient (Wildman–Crippen LogP) is 2.20. The monoisotopic (exact) mass is 320 g/mol. The SMILES string of the molecule is Cc1sc2ncnc(N3CCN(C[C@@H](C)O)[C@H](C)C3)c2c1C. The van der Waals surface area contributed by atoms with Crippen LogP contribution in [0.3, 0.4) is 0 Å². The quantitative estimate of drug-likeness (QED) is 0.939. The second kappa shape index (κ2) is 6.10. The topological polar surface area (TPSA) is 52.5 Å². The van der Waals surface area contributed by atoms with E-state index in [0.29, 0.717) is 6.04 Å². The molecule has 0 saturated carbocycles. The summed E-state index contributed by atoms with van der Waals surface area (Å²) in [4.78, 5) is 16.1. The van der Waals surface area contributed by atoms with E-state index in [0.717, 1.165) is 36.8 Å². The molecule has 3 rings (SSSR count). The van der Waals surface area contributed by atoms with Gasteiger partial charge in [-0.3, -0.25) is 4.90 Å². The fraction of sp³-hybridized carbons (Fsp3) is 0.625. The Morgan fingerprint density at radius 2 is 2.14 bits per heavy atom. The smallest absolute Gasteiger partial charge is 0.141 e. The highest BCUT2D eigenvalue weighted by Gasteiger charge is 2.27. The van der Waals surface area contributed by atoms with Crippen molar-refractivity contribution in [3.8, 4) is 0 Å². The molecular weight excluding hydrogens is 296 g/mol. The van der Waals surface area contributed by atoms with Crippen LogP contribution < -0.4 is 4.90 Å². The molecule has 1 saturated heterocycles. The number of aliphatic hydroxyl groups excluding tert-OH is 1. The number of aliphatic hydroxyl groups is 1. The van der Waals surface area contributed by atoms with Crippen molar-refractivity contribution in [2.75, 3.05) is 31.1 Å². The van der Waals surface area contributed by atoms with Crippen LogP contribution in [0.1, 0.15) is 24.3 Å². The Balaban J connectivity index is 1.87. The molecule has 2 aromatic heterocycles. The van der Waals surface area contributed by atoms with Gasteiger partial charge in [0.1, 0.15) is 17.0 Å². The maximum absolute atomic E-state index is 9.61. The molecule has 0 bridgehead atoms. The Labute approximate surface area is 135 Å². The lowest BCUT2D eigenvalue weighted by atomic mass is 10.1. The van der Waals surface area contributed by atoms with E-state index >= 15 is 0 Å². The van der Waals surface area contributed by atoms with Gasteiger partial charge in [0.25, 0.3) is 0 Å². The first kappa shape index (κ1) is 15.6. The van der Waals surface area contributed by atoms with E-state index in [1.807, 2.05) is 6.92 Å². The standard InChI is InChI=1S/C16H24N4OS/c1-10-7-20(6-5-19(10)8-11(2)21)15-14-12(3)13(4)22-16(14)18-9-17-15/h9-11,21H,5-8H2,1-4H3/t10-,11-/m1/s1. The average molecular weight is 320 g/mol. The van der Waals surface area contributed by atoms with Crippen molar-refractivity contribution in [1.82, 2.24) is 14.9 Å². The summed E-state index contributed by atoms with van der Waals surface area (Å²) >= 11 is 1.75. The average Bonchev–Trinajstić information content (AvgIpc) is 2.76. The molecule has 0 radical (unpaired) electrons. The number of aromatic nitrogens is 2. The van der Waals surface area contributed by atoms with E-state index in [1.54, 1.807) is 17.7 Å². The molecule has 2 atom stereocenters. The first-order valence-electron chi connectivity index (χ1n) is 7.85. The second-order valence-corrected chi connectivity index (χ2v) is 7.50. The van der Waals surface area contributed by atoms with Gasteiger partial charge in [-0.1, -0.05) is 0 Å². The third-order valence-electron chi connectivity index (χ3n) is 4.51. The van der Waals surface area contributed by atoms with Gasteiger partial charge >= 0.3 is 0 Å². The van der Waals surface area contributed by atoms with Crippen molar-refractivity contribution in [3.63, 3.8) is 0 Å². The summed E-state index contributed by atoms with van der Waals surface area (Å²) in [6.45, 7) is 12.0. The van der Waals surface area contributed by atoms with Gasteiger partial charge < -0.3 is 10.0 Å². The van der Waals surface area contributed by atoms with Crippen molar-refractivity contribution in [3.05, 3.63) is 16.8 Å². The Bertz CT molecular complexity index is 669. The van der Waals surface area contributed by atoms with E-state index < -0.39 is 0 Å². The number of rotatable bonds is 3. The van der Waals surface area contributed by atoms with E-state index in [-0.39, 0.29) is 6.10 Å². The molecule has 6 heteroatoms. The van der Waals surface area contributed by atoms with Gasteiger partial charge in [0.05, 0.1) is 11.5 Å². The first-order valence-corrected chi connectivity index (χ1v) is 8.66. The molecule has 0 amide bonds. The number of nitrogens with zero attached hydrogens (tertiary/aromatic N) is 4. The van der Waals surface area contributed by atoms with Gasteiger partial charge in [-0.25, -0.2) is 9.97 Å². The van der Waals surface area contributed by atoms with Crippen LogP contribution in [0.4, 0.5) is 5.82 Å². The van der Waals surface area contributed by atoms with Crippen molar-refractivity contribution < 1.29 is 5.11 Å². The Hall–Kier alpha value is -1.24. The summed E-state index contributed by atoms with van der Waals surface area (Å²) in [7, 11) is 0. The molecular formula is C16H24N4OS.